The molecule has 0 radical (unpaired) electrons. The molecule has 1 aliphatic rings. The van der Waals surface area contributed by atoms with Gasteiger partial charge in [-0.2, -0.15) is 0 Å². The molecule has 0 aliphatic carbocycles. The Balaban J connectivity index is 0.00000304. The summed E-state index contributed by atoms with van der Waals surface area (Å²) in [5.74, 6) is 1.07. The Hall–Kier alpha value is -4.59. The second-order valence-corrected chi connectivity index (χ2v) is 8.06. The van der Waals surface area contributed by atoms with Crippen molar-refractivity contribution >= 4 is 23.0 Å². The number of hydrogen-bond donors (Lipinski definition) is 1. The molecule has 0 bridgehead atoms. The van der Waals surface area contributed by atoms with E-state index in [1.165, 1.54) is 0 Å². The highest BCUT2D eigenvalue weighted by atomic mass is 16.7. The van der Waals surface area contributed by atoms with Gasteiger partial charge in [0.1, 0.15) is 0 Å². The molecule has 1 aliphatic heterocycles. The van der Waals surface area contributed by atoms with Gasteiger partial charge in [0.05, 0.1) is 17.4 Å². The second-order valence-electron chi connectivity index (χ2n) is 8.06. The van der Waals surface area contributed by atoms with Crippen LogP contribution in [0.2, 0.25) is 0 Å². The fraction of sp³-hybridized carbons (Fsp3) is 0.148. The lowest BCUT2D eigenvalue weighted by Crippen LogP contribution is -2.40. The van der Waals surface area contributed by atoms with E-state index in [0.29, 0.717) is 46.7 Å². The van der Waals surface area contributed by atoms with Crippen LogP contribution in [-0.2, 0) is 13.1 Å². The summed E-state index contributed by atoms with van der Waals surface area (Å²) >= 11 is 0. The molecule has 1 aromatic heterocycles. The summed E-state index contributed by atoms with van der Waals surface area (Å²) in [7, 11) is 1.64. The van der Waals surface area contributed by atoms with Gasteiger partial charge in [-0.15, -0.1) is 0 Å². The molecule has 3 aromatic carbocycles. The topological polar surface area (TPSA) is 86.9 Å². The van der Waals surface area contributed by atoms with E-state index < -0.39 is 0 Å². The molecule has 0 saturated carbocycles. The quantitative estimate of drug-likeness (QED) is 0.468. The Kier molecular flexibility index (Phi) is 5.93. The second kappa shape index (κ2) is 9.34. The van der Waals surface area contributed by atoms with Gasteiger partial charge in [-0.3, -0.25) is 23.7 Å². The molecule has 8 nitrogen and oxygen atoms in total. The van der Waals surface area contributed by atoms with E-state index in [-0.39, 0.29) is 19.7 Å². The number of amides is 1. The maximum atomic E-state index is 13.5. The molecule has 1 N–H and O–H groups in total. The number of aromatic nitrogens is 2. The molecular formula is C27H26N4O4. The van der Waals surface area contributed by atoms with Crippen molar-refractivity contribution in [1.82, 2.24) is 14.5 Å². The Bertz CT molecular complexity index is 1570. The van der Waals surface area contributed by atoms with E-state index in [1.54, 1.807) is 40.6 Å². The first-order valence-electron chi connectivity index (χ1n) is 11.1. The molecule has 1 amide bonds. The average molecular weight is 471 g/mol. The van der Waals surface area contributed by atoms with Crippen LogP contribution in [0, 0.1) is 0 Å². The minimum Gasteiger partial charge on any atom is -0.454 e. The minimum absolute atomic E-state index is 0. The van der Waals surface area contributed by atoms with Crippen molar-refractivity contribution in [2.75, 3.05) is 13.8 Å². The zero-order chi connectivity index (χ0) is 24.4. The summed E-state index contributed by atoms with van der Waals surface area (Å²) in [4.78, 5) is 30.8. The van der Waals surface area contributed by atoms with Crippen molar-refractivity contribution in [3.8, 4) is 11.5 Å². The van der Waals surface area contributed by atoms with Gasteiger partial charge in [0, 0.05) is 26.8 Å². The number of hydrogen-bond acceptors (Lipinski definition) is 5. The van der Waals surface area contributed by atoms with Gasteiger partial charge in [0.25, 0.3) is 11.5 Å². The van der Waals surface area contributed by atoms with Gasteiger partial charge >= 0.3 is 0 Å². The monoisotopic (exact) mass is 470 g/mol. The van der Waals surface area contributed by atoms with Crippen LogP contribution in [0.4, 0.5) is 0 Å². The number of carbonyl (C=O) groups is 1. The fourth-order valence-electron chi connectivity index (χ4n) is 4.18. The zero-order valence-corrected chi connectivity index (χ0v) is 19.2. The van der Waals surface area contributed by atoms with Crippen molar-refractivity contribution in [3.63, 3.8) is 0 Å². The molecule has 4 aromatic rings. The van der Waals surface area contributed by atoms with Crippen molar-refractivity contribution in [3.05, 3.63) is 106 Å². The van der Waals surface area contributed by atoms with Crippen molar-refractivity contribution in [1.29, 1.82) is 0 Å². The van der Waals surface area contributed by atoms with Crippen LogP contribution >= 0.6 is 0 Å². The SMILES string of the molecule is C=Cn1c(=NC)n(Cc2ccccc2)c(=O)c2cc(C(=O)NCc3ccc4c(c3)OCO4)ccc21.[HH]. The van der Waals surface area contributed by atoms with E-state index >= 15 is 0 Å². The molecule has 0 spiro atoms. The Morgan fingerprint density at radius 2 is 1.89 bits per heavy atom. The van der Waals surface area contributed by atoms with Crippen LogP contribution in [-0.4, -0.2) is 28.9 Å². The largest absolute Gasteiger partial charge is 0.454 e. The summed E-state index contributed by atoms with van der Waals surface area (Å²) < 4.78 is 14.1. The molecule has 5 rings (SSSR count). The maximum absolute atomic E-state index is 13.5. The first kappa shape index (κ1) is 22.2. The van der Waals surface area contributed by atoms with Crippen LogP contribution in [0.15, 0.2) is 83.1 Å². The lowest BCUT2D eigenvalue weighted by molar-refractivity contribution is 0.0951. The number of rotatable bonds is 6. The van der Waals surface area contributed by atoms with Gasteiger partial charge < -0.3 is 14.8 Å². The first-order chi connectivity index (χ1) is 17.1. The average Bonchev–Trinajstić information content (AvgIpc) is 3.37. The molecule has 8 heteroatoms. The summed E-state index contributed by atoms with van der Waals surface area (Å²) in [5, 5.41) is 3.31. The number of carbonyl (C=O) groups excluding carboxylic acids is 1. The highest BCUT2D eigenvalue weighted by molar-refractivity contribution is 5.98. The molecule has 2 heterocycles. The normalized spacial score (nSPS) is 12.7. The van der Waals surface area contributed by atoms with Crippen LogP contribution in [0.3, 0.4) is 0 Å². The molecule has 0 unspecified atom stereocenters. The van der Waals surface area contributed by atoms with Gasteiger partial charge in [0.15, 0.2) is 11.5 Å². The third-order valence-electron chi connectivity index (χ3n) is 5.91. The first-order valence-corrected chi connectivity index (χ1v) is 11.1. The number of ether oxygens (including phenoxy) is 2. The maximum Gasteiger partial charge on any atom is 0.263 e. The third kappa shape index (κ3) is 4.21. The van der Waals surface area contributed by atoms with Crippen LogP contribution in [0.25, 0.3) is 17.1 Å². The van der Waals surface area contributed by atoms with Crippen molar-refractivity contribution in [2.24, 2.45) is 4.99 Å². The highest BCUT2D eigenvalue weighted by Gasteiger charge is 2.16. The van der Waals surface area contributed by atoms with Crippen LogP contribution in [0.1, 0.15) is 22.9 Å². The molecule has 0 fully saturated rings. The third-order valence-corrected chi connectivity index (χ3v) is 5.91. The number of benzene rings is 3. The molecule has 35 heavy (non-hydrogen) atoms. The fourth-order valence-corrected chi connectivity index (χ4v) is 4.18. The van der Waals surface area contributed by atoms with E-state index in [4.69, 9.17) is 9.47 Å². The van der Waals surface area contributed by atoms with E-state index in [1.807, 2.05) is 48.5 Å². The van der Waals surface area contributed by atoms with Gasteiger partial charge in [0.2, 0.25) is 12.4 Å². The molecule has 0 atom stereocenters. The summed E-state index contributed by atoms with van der Waals surface area (Å²) in [5.41, 5.74) is 3.11. The molecular weight excluding hydrogens is 444 g/mol. The summed E-state index contributed by atoms with van der Waals surface area (Å²) in [6.07, 6.45) is 1.62. The minimum atomic E-state index is -0.284. The van der Waals surface area contributed by atoms with Crippen molar-refractivity contribution < 1.29 is 15.7 Å². The predicted molar refractivity (Wildman–Crippen MR) is 135 cm³/mol. The Morgan fingerprint density at radius 1 is 1.09 bits per heavy atom. The number of nitrogens with one attached hydrogen (secondary N) is 1. The summed E-state index contributed by atoms with van der Waals surface area (Å²) in [6, 6.07) is 20.3. The lowest BCUT2D eigenvalue weighted by atomic mass is 10.1. The van der Waals surface area contributed by atoms with Crippen LogP contribution in [0.5, 0.6) is 11.5 Å². The number of fused-ring (bicyclic) bond motifs is 2. The van der Waals surface area contributed by atoms with Crippen molar-refractivity contribution in [2.45, 2.75) is 13.1 Å². The smallest absolute Gasteiger partial charge is 0.263 e. The van der Waals surface area contributed by atoms with Gasteiger partial charge in [-0.25, -0.2) is 0 Å². The Labute approximate surface area is 202 Å². The lowest BCUT2D eigenvalue weighted by Gasteiger charge is -2.15. The van der Waals surface area contributed by atoms with E-state index in [9.17, 15) is 9.59 Å². The summed E-state index contributed by atoms with van der Waals surface area (Å²) in [6.45, 7) is 4.75. The van der Waals surface area contributed by atoms with Crippen LogP contribution < -0.4 is 26.0 Å². The standard InChI is InChI=1S/C27H24N4O4.H2/c1-3-30-22-11-10-20(25(32)29-15-19-9-12-23-24(13-19)35-17-34-23)14-21(22)26(33)31(27(30)28-2)16-18-7-5-4-6-8-18;/h3-14H,1,15-17H2,2H3,(H,29,32);1H. The van der Waals surface area contributed by atoms with E-state index in [0.717, 1.165) is 11.1 Å². The number of nitrogens with zero attached hydrogens (tertiary/aromatic N) is 3. The molecule has 0 saturated heterocycles. The highest BCUT2D eigenvalue weighted by Crippen LogP contribution is 2.32. The van der Waals surface area contributed by atoms with Gasteiger partial charge in [-0.1, -0.05) is 43.0 Å². The zero-order valence-electron chi connectivity index (χ0n) is 19.2. The Morgan fingerprint density at radius 3 is 2.66 bits per heavy atom. The van der Waals surface area contributed by atoms with E-state index in [2.05, 4.69) is 16.9 Å². The van der Waals surface area contributed by atoms with Gasteiger partial charge in [-0.05, 0) is 41.5 Å². The predicted octanol–water partition coefficient (Wildman–Crippen LogP) is 3.39. The molecule has 178 valence electrons.